The maximum atomic E-state index is 5.91. The number of benzene rings is 1. The highest BCUT2D eigenvalue weighted by Crippen LogP contribution is 2.24. The standard InChI is InChI=1S/C19H25N5O3/c1-5-25-13(3)18-23-17(27-24-18)11-22-19(20-4)21-10-16-12(2)14-8-6-7-9-15(14)26-16/h6-9,13H,5,10-11H2,1-4H3,(H2,20,21,22). The molecule has 0 fully saturated rings. The number of rotatable bonds is 7. The molecule has 0 radical (unpaired) electrons. The van der Waals surface area contributed by atoms with Crippen LogP contribution in [-0.4, -0.2) is 29.8 Å². The number of hydrogen-bond donors (Lipinski definition) is 2. The van der Waals surface area contributed by atoms with Crippen molar-refractivity contribution in [2.45, 2.75) is 40.0 Å². The average Bonchev–Trinajstić information content (AvgIpc) is 3.28. The molecule has 0 aliphatic heterocycles. The Kier molecular flexibility index (Phi) is 6.08. The molecular weight excluding hydrogens is 346 g/mol. The Hall–Kier alpha value is -2.87. The van der Waals surface area contributed by atoms with E-state index in [-0.39, 0.29) is 6.10 Å². The molecule has 144 valence electrons. The molecule has 0 saturated carbocycles. The highest BCUT2D eigenvalue weighted by Gasteiger charge is 2.14. The Labute approximate surface area is 158 Å². The van der Waals surface area contributed by atoms with Gasteiger partial charge in [-0.2, -0.15) is 4.98 Å². The van der Waals surface area contributed by atoms with Crippen molar-refractivity contribution in [2.75, 3.05) is 13.7 Å². The molecule has 0 amide bonds. The van der Waals surface area contributed by atoms with E-state index < -0.39 is 0 Å². The summed E-state index contributed by atoms with van der Waals surface area (Å²) in [4.78, 5) is 8.54. The van der Waals surface area contributed by atoms with Crippen LogP contribution in [0, 0.1) is 6.92 Å². The minimum atomic E-state index is -0.194. The summed E-state index contributed by atoms with van der Waals surface area (Å²) in [6.45, 7) is 7.36. The second kappa shape index (κ2) is 8.68. The lowest BCUT2D eigenvalue weighted by atomic mass is 10.1. The van der Waals surface area contributed by atoms with Crippen LogP contribution < -0.4 is 10.6 Å². The van der Waals surface area contributed by atoms with Gasteiger partial charge in [0.1, 0.15) is 17.4 Å². The largest absolute Gasteiger partial charge is 0.459 e. The number of fused-ring (bicyclic) bond motifs is 1. The molecule has 2 N–H and O–H groups in total. The van der Waals surface area contributed by atoms with Crippen molar-refractivity contribution in [3.63, 3.8) is 0 Å². The number of hydrogen-bond acceptors (Lipinski definition) is 6. The van der Waals surface area contributed by atoms with Crippen molar-refractivity contribution in [1.82, 2.24) is 20.8 Å². The molecule has 8 nitrogen and oxygen atoms in total. The summed E-state index contributed by atoms with van der Waals surface area (Å²) in [5, 5.41) is 11.5. The van der Waals surface area contributed by atoms with Gasteiger partial charge in [0.25, 0.3) is 0 Å². The maximum Gasteiger partial charge on any atom is 0.246 e. The average molecular weight is 371 g/mol. The molecule has 1 aromatic carbocycles. The summed E-state index contributed by atoms with van der Waals surface area (Å²) in [6.07, 6.45) is -0.194. The van der Waals surface area contributed by atoms with Gasteiger partial charge in [-0.3, -0.25) is 4.99 Å². The molecule has 1 atom stereocenters. The highest BCUT2D eigenvalue weighted by atomic mass is 16.5. The fourth-order valence-corrected chi connectivity index (χ4v) is 2.77. The Morgan fingerprint density at radius 3 is 2.78 bits per heavy atom. The summed E-state index contributed by atoms with van der Waals surface area (Å²) in [6, 6.07) is 8.00. The zero-order chi connectivity index (χ0) is 19.2. The minimum Gasteiger partial charge on any atom is -0.459 e. The van der Waals surface area contributed by atoms with E-state index in [1.54, 1.807) is 7.05 Å². The number of aryl methyl sites for hydroxylation is 1. The third-order valence-corrected chi connectivity index (χ3v) is 4.25. The third-order valence-electron chi connectivity index (χ3n) is 4.25. The molecule has 1 unspecified atom stereocenters. The maximum absolute atomic E-state index is 5.91. The van der Waals surface area contributed by atoms with Gasteiger partial charge in [0.05, 0.1) is 13.1 Å². The lowest BCUT2D eigenvalue weighted by Gasteiger charge is -2.09. The number of furan rings is 1. The van der Waals surface area contributed by atoms with Gasteiger partial charge in [-0.05, 0) is 26.8 Å². The number of ether oxygens (including phenoxy) is 1. The van der Waals surface area contributed by atoms with Gasteiger partial charge in [-0.15, -0.1) is 0 Å². The first-order valence-corrected chi connectivity index (χ1v) is 8.98. The minimum absolute atomic E-state index is 0.194. The molecule has 2 aromatic heterocycles. The van der Waals surface area contributed by atoms with Gasteiger partial charge < -0.3 is 24.3 Å². The molecule has 0 saturated heterocycles. The highest BCUT2D eigenvalue weighted by molar-refractivity contribution is 5.82. The van der Waals surface area contributed by atoms with E-state index in [4.69, 9.17) is 13.7 Å². The van der Waals surface area contributed by atoms with E-state index in [0.717, 1.165) is 22.3 Å². The predicted molar refractivity (Wildman–Crippen MR) is 102 cm³/mol. The van der Waals surface area contributed by atoms with E-state index in [9.17, 15) is 0 Å². The number of nitrogens with one attached hydrogen (secondary N) is 2. The molecule has 0 spiro atoms. The first-order chi connectivity index (χ1) is 13.1. The normalized spacial score (nSPS) is 13.1. The molecule has 0 aliphatic rings. The third kappa shape index (κ3) is 4.46. The van der Waals surface area contributed by atoms with Crippen LogP contribution in [0.15, 0.2) is 38.2 Å². The van der Waals surface area contributed by atoms with E-state index in [1.165, 1.54) is 0 Å². The topological polar surface area (TPSA) is 97.7 Å². The van der Waals surface area contributed by atoms with Crippen LogP contribution >= 0.6 is 0 Å². The van der Waals surface area contributed by atoms with E-state index in [1.807, 2.05) is 32.0 Å². The van der Waals surface area contributed by atoms with Crippen molar-refractivity contribution in [1.29, 1.82) is 0 Å². The van der Waals surface area contributed by atoms with Crippen molar-refractivity contribution < 1.29 is 13.7 Å². The second-order valence-electron chi connectivity index (χ2n) is 6.07. The molecule has 8 heteroatoms. The zero-order valence-corrected chi connectivity index (χ0v) is 16.1. The summed E-state index contributed by atoms with van der Waals surface area (Å²) < 4.78 is 16.6. The van der Waals surface area contributed by atoms with Crippen LogP contribution in [0.2, 0.25) is 0 Å². The predicted octanol–water partition coefficient (Wildman–Crippen LogP) is 3.09. The number of nitrogens with zero attached hydrogens (tertiary/aromatic N) is 3. The monoisotopic (exact) mass is 371 g/mol. The molecular formula is C19H25N5O3. The van der Waals surface area contributed by atoms with Gasteiger partial charge >= 0.3 is 0 Å². The van der Waals surface area contributed by atoms with Crippen LogP contribution in [-0.2, 0) is 17.8 Å². The number of aliphatic imine (C=N–C) groups is 1. The quantitative estimate of drug-likeness (QED) is 0.486. The Morgan fingerprint density at radius 2 is 2.04 bits per heavy atom. The lowest BCUT2D eigenvalue weighted by Crippen LogP contribution is -2.36. The Morgan fingerprint density at radius 1 is 1.26 bits per heavy atom. The zero-order valence-electron chi connectivity index (χ0n) is 16.1. The molecule has 27 heavy (non-hydrogen) atoms. The molecule has 3 rings (SSSR count). The van der Waals surface area contributed by atoms with Crippen LogP contribution in [0.1, 0.15) is 43.0 Å². The lowest BCUT2D eigenvalue weighted by molar-refractivity contribution is 0.0683. The first-order valence-electron chi connectivity index (χ1n) is 8.98. The Balaban J connectivity index is 1.56. The van der Waals surface area contributed by atoms with E-state index in [0.29, 0.717) is 37.4 Å². The van der Waals surface area contributed by atoms with E-state index in [2.05, 4.69) is 38.8 Å². The Bertz CT molecular complexity index is 915. The van der Waals surface area contributed by atoms with Crippen molar-refractivity contribution in [2.24, 2.45) is 4.99 Å². The summed E-state index contributed by atoms with van der Waals surface area (Å²) in [7, 11) is 1.71. The summed E-state index contributed by atoms with van der Waals surface area (Å²) in [5.41, 5.74) is 2.01. The van der Waals surface area contributed by atoms with Crippen LogP contribution in [0.25, 0.3) is 11.0 Å². The SMILES string of the molecule is CCOC(C)c1noc(CNC(=NC)NCc2oc3ccccc3c2C)n1. The fourth-order valence-electron chi connectivity index (χ4n) is 2.77. The van der Waals surface area contributed by atoms with Gasteiger partial charge in [0.2, 0.25) is 5.89 Å². The number of para-hydroxylation sites is 1. The van der Waals surface area contributed by atoms with Gasteiger partial charge in [0.15, 0.2) is 11.8 Å². The summed E-state index contributed by atoms with van der Waals surface area (Å²) >= 11 is 0. The second-order valence-corrected chi connectivity index (χ2v) is 6.07. The number of guanidine groups is 1. The number of aromatic nitrogens is 2. The molecule has 0 aliphatic carbocycles. The smallest absolute Gasteiger partial charge is 0.246 e. The van der Waals surface area contributed by atoms with Crippen molar-refractivity contribution in [3.05, 3.63) is 47.3 Å². The van der Waals surface area contributed by atoms with Crippen LogP contribution in [0.4, 0.5) is 0 Å². The van der Waals surface area contributed by atoms with Crippen molar-refractivity contribution in [3.8, 4) is 0 Å². The van der Waals surface area contributed by atoms with Gasteiger partial charge in [0, 0.05) is 24.6 Å². The van der Waals surface area contributed by atoms with Gasteiger partial charge in [-0.25, -0.2) is 0 Å². The van der Waals surface area contributed by atoms with E-state index >= 15 is 0 Å². The summed E-state index contributed by atoms with van der Waals surface area (Å²) in [5.74, 6) is 2.51. The first kappa shape index (κ1) is 18.9. The van der Waals surface area contributed by atoms with Crippen molar-refractivity contribution >= 4 is 16.9 Å². The fraction of sp³-hybridized carbons (Fsp3) is 0.421. The molecule has 0 bridgehead atoms. The van der Waals surface area contributed by atoms with Crippen LogP contribution in [0.3, 0.4) is 0 Å². The molecule has 2 heterocycles. The molecule has 3 aromatic rings. The van der Waals surface area contributed by atoms with Crippen LogP contribution in [0.5, 0.6) is 0 Å². The van der Waals surface area contributed by atoms with Gasteiger partial charge in [-0.1, -0.05) is 23.4 Å².